The molecule has 20 heavy (non-hydrogen) atoms. The first-order chi connectivity index (χ1) is 9.74. The summed E-state index contributed by atoms with van der Waals surface area (Å²) in [5.74, 6) is 0.829. The predicted molar refractivity (Wildman–Crippen MR) is 74.7 cm³/mol. The maximum absolute atomic E-state index is 6.13. The van der Waals surface area contributed by atoms with Crippen molar-refractivity contribution in [2.24, 2.45) is 5.73 Å². The average Bonchev–Trinajstić information content (AvgIpc) is 2.97. The number of benzene rings is 1. The van der Waals surface area contributed by atoms with Crippen molar-refractivity contribution in [1.29, 1.82) is 0 Å². The molecule has 0 amide bonds. The Labute approximate surface area is 116 Å². The van der Waals surface area contributed by atoms with E-state index in [4.69, 9.17) is 10.2 Å². The monoisotopic (exact) mass is 266 g/mol. The lowest BCUT2D eigenvalue weighted by Gasteiger charge is -2.06. The lowest BCUT2D eigenvalue weighted by Crippen LogP contribution is -2.11. The summed E-state index contributed by atoms with van der Waals surface area (Å²) in [6.45, 7) is 1.96. The van der Waals surface area contributed by atoms with Crippen LogP contribution in [0.15, 0.2) is 53.2 Å². The predicted octanol–water partition coefficient (Wildman–Crippen LogP) is 2.49. The molecule has 0 bridgehead atoms. The molecule has 5 heteroatoms. The average molecular weight is 266 g/mol. The van der Waals surface area contributed by atoms with Crippen LogP contribution in [0.1, 0.15) is 23.1 Å². The highest BCUT2D eigenvalue weighted by molar-refractivity contribution is 5.51. The van der Waals surface area contributed by atoms with Gasteiger partial charge in [0.1, 0.15) is 6.04 Å². The van der Waals surface area contributed by atoms with E-state index in [1.165, 1.54) is 0 Å². The molecule has 1 aromatic carbocycles. The SMILES string of the molecule is Cc1cncc(-c2nnc(C(N)c3ccccc3)o2)c1. The number of nitrogens with two attached hydrogens (primary N) is 1. The zero-order valence-corrected chi connectivity index (χ0v) is 11.0. The molecular formula is C15H14N4O. The molecule has 0 fully saturated rings. The van der Waals surface area contributed by atoms with Crippen molar-refractivity contribution in [1.82, 2.24) is 15.2 Å². The Balaban J connectivity index is 1.91. The molecule has 0 radical (unpaired) electrons. The second-order valence-corrected chi connectivity index (χ2v) is 4.58. The lowest BCUT2D eigenvalue weighted by molar-refractivity contribution is 0.484. The van der Waals surface area contributed by atoms with Crippen molar-refractivity contribution >= 4 is 0 Å². The number of hydrogen-bond acceptors (Lipinski definition) is 5. The smallest absolute Gasteiger partial charge is 0.249 e. The van der Waals surface area contributed by atoms with Crippen LogP contribution in [0.4, 0.5) is 0 Å². The van der Waals surface area contributed by atoms with Crippen LogP contribution in [-0.2, 0) is 0 Å². The number of aromatic nitrogens is 3. The summed E-state index contributed by atoms with van der Waals surface area (Å²) in [6, 6.07) is 11.2. The third-order valence-electron chi connectivity index (χ3n) is 2.99. The zero-order valence-electron chi connectivity index (χ0n) is 11.0. The molecular weight excluding hydrogens is 252 g/mol. The van der Waals surface area contributed by atoms with Crippen LogP contribution in [0, 0.1) is 6.92 Å². The van der Waals surface area contributed by atoms with Gasteiger partial charge in [0, 0.05) is 12.4 Å². The summed E-state index contributed by atoms with van der Waals surface area (Å²) in [7, 11) is 0. The summed E-state index contributed by atoms with van der Waals surface area (Å²) >= 11 is 0. The second kappa shape index (κ2) is 5.22. The van der Waals surface area contributed by atoms with E-state index in [0.29, 0.717) is 11.8 Å². The summed E-state index contributed by atoms with van der Waals surface area (Å²) in [5, 5.41) is 8.07. The van der Waals surface area contributed by atoms with Crippen molar-refractivity contribution in [2.45, 2.75) is 13.0 Å². The van der Waals surface area contributed by atoms with Crippen molar-refractivity contribution in [3.05, 3.63) is 65.8 Å². The Morgan fingerprint density at radius 3 is 2.65 bits per heavy atom. The highest BCUT2D eigenvalue weighted by Crippen LogP contribution is 2.23. The van der Waals surface area contributed by atoms with Crippen LogP contribution in [0.2, 0.25) is 0 Å². The molecule has 0 saturated heterocycles. The van der Waals surface area contributed by atoms with E-state index in [2.05, 4.69) is 15.2 Å². The normalized spacial score (nSPS) is 12.3. The molecule has 100 valence electrons. The number of rotatable bonds is 3. The van der Waals surface area contributed by atoms with Gasteiger partial charge in [0.15, 0.2) is 0 Å². The van der Waals surface area contributed by atoms with Crippen LogP contribution in [0.5, 0.6) is 0 Å². The quantitative estimate of drug-likeness (QED) is 0.788. The summed E-state index contributed by atoms with van der Waals surface area (Å²) in [5.41, 5.74) is 8.89. The standard InChI is InChI=1S/C15H14N4O/c1-10-7-12(9-17-8-10)14-18-19-15(20-14)13(16)11-5-3-2-4-6-11/h2-9,13H,16H2,1H3. The van der Waals surface area contributed by atoms with Crippen LogP contribution in [0.3, 0.4) is 0 Å². The van der Waals surface area contributed by atoms with Crippen molar-refractivity contribution in [3.8, 4) is 11.5 Å². The van der Waals surface area contributed by atoms with Gasteiger partial charge in [0.05, 0.1) is 5.56 Å². The minimum Gasteiger partial charge on any atom is -0.419 e. The minimum absolute atomic E-state index is 0.396. The Morgan fingerprint density at radius 1 is 1.10 bits per heavy atom. The van der Waals surface area contributed by atoms with Crippen LogP contribution in [0.25, 0.3) is 11.5 Å². The number of nitrogens with zero attached hydrogens (tertiary/aromatic N) is 3. The van der Waals surface area contributed by atoms with E-state index < -0.39 is 6.04 Å². The molecule has 0 saturated carbocycles. The fourth-order valence-electron chi connectivity index (χ4n) is 1.95. The minimum atomic E-state index is -0.421. The molecule has 0 aliphatic carbocycles. The van der Waals surface area contributed by atoms with Crippen LogP contribution < -0.4 is 5.73 Å². The first kappa shape index (κ1) is 12.5. The van der Waals surface area contributed by atoms with E-state index >= 15 is 0 Å². The molecule has 1 unspecified atom stereocenters. The Bertz CT molecular complexity index is 709. The van der Waals surface area contributed by atoms with Crippen molar-refractivity contribution in [2.75, 3.05) is 0 Å². The molecule has 0 spiro atoms. The molecule has 0 aliphatic heterocycles. The van der Waals surface area contributed by atoms with Crippen molar-refractivity contribution in [3.63, 3.8) is 0 Å². The van der Waals surface area contributed by atoms with Gasteiger partial charge < -0.3 is 10.2 Å². The fourth-order valence-corrected chi connectivity index (χ4v) is 1.95. The molecule has 2 heterocycles. The number of aryl methyl sites for hydroxylation is 1. The van der Waals surface area contributed by atoms with Gasteiger partial charge in [0.2, 0.25) is 11.8 Å². The number of hydrogen-bond donors (Lipinski definition) is 1. The Hall–Kier alpha value is -2.53. The number of pyridine rings is 1. The molecule has 3 aromatic rings. The second-order valence-electron chi connectivity index (χ2n) is 4.58. The highest BCUT2D eigenvalue weighted by Gasteiger charge is 2.17. The lowest BCUT2D eigenvalue weighted by atomic mass is 10.1. The first-order valence-corrected chi connectivity index (χ1v) is 6.30. The maximum atomic E-state index is 6.13. The molecule has 1 atom stereocenters. The molecule has 5 nitrogen and oxygen atoms in total. The van der Waals surface area contributed by atoms with E-state index in [1.54, 1.807) is 12.4 Å². The van der Waals surface area contributed by atoms with Crippen LogP contribution >= 0.6 is 0 Å². The topological polar surface area (TPSA) is 77.8 Å². The summed E-state index contributed by atoms with van der Waals surface area (Å²) < 4.78 is 5.65. The highest BCUT2D eigenvalue weighted by atomic mass is 16.4. The van der Waals surface area contributed by atoms with Gasteiger partial charge in [-0.1, -0.05) is 30.3 Å². The van der Waals surface area contributed by atoms with Crippen LogP contribution in [-0.4, -0.2) is 15.2 Å². The van der Waals surface area contributed by atoms with Gasteiger partial charge in [-0.2, -0.15) is 0 Å². The summed E-state index contributed by atoms with van der Waals surface area (Å²) in [4.78, 5) is 4.11. The molecule has 0 aliphatic rings. The van der Waals surface area contributed by atoms with E-state index in [0.717, 1.165) is 16.7 Å². The molecule has 2 N–H and O–H groups in total. The third-order valence-corrected chi connectivity index (χ3v) is 2.99. The van der Waals surface area contributed by atoms with Gasteiger partial charge in [-0.05, 0) is 24.1 Å². The largest absolute Gasteiger partial charge is 0.419 e. The van der Waals surface area contributed by atoms with Gasteiger partial charge in [-0.3, -0.25) is 4.98 Å². The van der Waals surface area contributed by atoms with E-state index in [-0.39, 0.29) is 0 Å². The van der Waals surface area contributed by atoms with E-state index in [9.17, 15) is 0 Å². The Morgan fingerprint density at radius 2 is 1.90 bits per heavy atom. The zero-order chi connectivity index (χ0) is 13.9. The molecule has 2 aromatic heterocycles. The first-order valence-electron chi connectivity index (χ1n) is 6.30. The van der Waals surface area contributed by atoms with Crippen molar-refractivity contribution < 1.29 is 4.42 Å². The van der Waals surface area contributed by atoms with Gasteiger partial charge in [0.25, 0.3) is 0 Å². The van der Waals surface area contributed by atoms with E-state index in [1.807, 2.05) is 43.3 Å². The van der Waals surface area contributed by atoms with Gasteiger partial charge >= 0.3 is 0 Å². The summed E-state index contributed by atoms with van der Waals surface area (Å²) in [6.07, 6.45) is 3.47. The van der Waals surface area contributed by atoms with Gasteiger partial charge in [-0.15, -0.1) is 10.2 Å². The third kappa shape index (κ3) is 2.44. The molecule has 3 rings (SSSR count). The maximum Gasteiger partial charge on any atom is 0.249 e. The fraction of sp³-hybridized carbons (Fsp3) is 0.133. The van der Waals surface area contributed by atoms with Gasteiger partial charge in [-0.25, -0.2) is 0 Å². The Kier molecular flexibility index (Phi) is 3.26.